The first-order chi connectivity index (χ1) is 10.1. The van der Waals surface area contributed by atoms with E-state index in [1.807, 2.05) is 0 Å². The predicted molar refractivity (Wildman–Crippen MR) is 77.7 cm³/mol. The van der Waals surface area contributed by atoms with Gasteiger partial charge in [0.1, 0.15) is 18.1 Å². The third-order valence-corrected chi connectivity index (χ3v) is 3.25. The summed E-state index contributed by atoms with van der Waals surface area (Å²) in [6.07, 6.45) is 1.80. The molecule has 5 nitrogen and oxygen atoms in total. The molecule has 1 aromatic heterocycles. The van der Waals surface area contributed by atoms with Crippen molar-refractivity contribution in [1.82, 2.24) is 4.98 Å². The molecule has 0 saturated carbocycles. The topological polar surface area (TPSA) is 82.6 Å². The molecule has 21 heavy (non-hydrogen) atoms. The number of phenols is 1. The molecule has 0 aliphatic carbocycles. The molecule has 0 fully saturated rings. The average molecular weight is 283 g/mol. The minimum atomic E-state index is -0.951. The number of rotatable bonds is 4. The number of carbonyl (C=O) groups is 1. The Morgan fingerprint density at radius 2 is 1.90 bits per heavy atom. The zero-order valence-electron chi connectivity index (χ0n) is 11.0. The summed E-state index contributed by atoms with van der Waals surface area (Å²) in [6, 6.07) is 11.4. The van der Waals surface area contributed by atoms with E-state index in [1.165, 1.54) is 0 Å². The van der Waals surface area contributed by atoms with Crippen LogP contribution in [0, 0.1) is 0 Å². The Morgan fingerprint density at radius 1 is 1.14 bits per heavy atom. The second kappa shape index (κ2) is 5.20. The van der Waals surface area contributed by atoms with Gasteiger partial charge in [0.2, 0.25) is 0 Å². The average Bonchev–Trinajstić information content (AvgIpc) is 2.89. The van der Waals surface area contributed by atoms with Crippen LogP contribution < -0.4 is 4.74 Å². The predicted octanol–water partition coefficient (Wildman–Crippen LogP) is 3.15. The van der Waals surface area contributed by atoms with E-state index >= 15 is 0 Å². The molecule has 2 aromatic carbocycles. The van der Waals surface area contributed by atoms with E-state index in [-0.39, 0.29) is 11.3 Å². The van der Waals surface area contributed by atoms with E-state index in [0.29, 0.717) is 12.4 Å². The fraction of sp³-hybridized carbons (Fsp3) is 0.0625. The zero-order chi connectivity index (χ0) is 14.8. The lowest BCUT2D eigenvalue weighted by Gasteiger charge is -2.05. The maximum Gasteiger partial charge on any atom is 0.335 e. The van der Waals surface area contributed by atoms with Gasteiger partial charge in [0, 0.05) is 22.7 Å². The van der Waals surface area contributed by atoms with Crippen molar-refractivity contribution in [2.45, 2.75) is 6.61 Å². The molecule has 0 aliphatic rings. The lowest BCUT2D eigenvalue weighted by Crippen LogP contribution is -1.96. The van der Waals surface area contributed by atoms with Gasteiger partial charge in [-0.2, -0.15) is 0 Å². The molecule has 5 heteroatoms. The second-order valence-corrected chi connectivity index (χ2v) is 4.66. The monoisotopic (exact) mass is 283 g/mol. The van der Waals surface area contributed by atoms with Crippen LogP contribution >= 0.6 is 0 Å². The molecule has 0 atom stereocenters. The molecule has 0 unspecified atom stereocenters. The largest absolute Gasteiger partial charge is 0.508 e. The maximum absolute atomic E-state index is 10.9. The fourth-order valence-electron chi connectivity index (χ4n) is 2.14. The van der Waals surface area contributed by atoms with Crippen molar-refractivity contribution >= 4 is 16.9 Å². The number of fused-ring (bicyclic) bond motifs is 1. The molecule has 0 spiro atoms. The molecule has 3 rings (SSSR count). The summed E-state index contributed by atoms with van der Waals surface area (Å²) in [6.45, 7) is 0.358. The van der Waals surface area contributed by atoms with Crippen molar-refractivity contribution < 1.29 is 19.7 Å². The standard InChI is InChI=1S/C16H13NO4/c18-12-2-4-13(5-3-12)21-9-11-8-17-15-7-10(16(19)20)1-6-14(11)15/h1-8,17-18H,9H2,(H,19,20). The number of hydrogen-bond acceptors (Lipinski definition) is 3. The van der Waals surface area contributed by atoms with Crippen molar-refractivity contribution in [3.63, 3.8) is 0 Å². The van der Waals surface area contributed by atoms with Gasteiger partial charge in [-0.15, -0.1) is 0 Å². The SMILES string of the molecule is O=C(O)c1ccc2c(COc3ccc(O)cc3)c[nH]c2c1. The number of benzene rings is 2. The number of carboxylic acids is 1. The van der Waals surface area contributed by atoms with Crippen LogP contribution in [0.25, 0.3) is 10.9 Å². The normalized spacial score (nSPS) is 10.7. The van der Waals surface area contributed by atoms with Gasteiger partial charge in [-0.3, -0.25) is 0 Å². The Hall–Kier alpha value is -2.95. The van der Waals surface area contributed by atoms with Gasteiger partial charge in [-0.25, -0.2) is 4.79 Å². The van der Waals surface area contributed by atoms with E-state index < -0.39 is 5.97 Å². The number of ether oxygens (including phenoxy) is 1. The fourth-order valence-corrected chi connectivity index (χ4v) is 2.14. The molecule has 1 heterocycles. The van der Waals surface area contributed by atoms with Crippen molar-refractivity contribution in [3.05, 3.63) is 59.8 Å². The lowest BCUT2D eigenvalue weighted by atomic mass is 10.1. The first kappa shape index (κ1) is 13.1. The second-order valence-electron chi connectivity index (χ2n) is 4.66. The van der Waals surface area contributed by atoms with Gasteiger partial charge in [0.25, 0.3) is 0 Å². The number of H-pyrrole nitrogens is 1. The first-order valence-corrected chi connectivity index (χ1v) is 6.38. The van der Waals surface area contributed by atoms with Gasteiger partial charge in [-0.05, 0) is 36.4 Å². The van der Waals surface area contributed by atoms with Gasteiger partial charge in [0.15, 0.2) is 0 Å². The lowest BCUT2D eigenvalue weighted by molar-refractivity contribution is 0.0697. The number of aromatic amines is 1. The summed E-state index contributed by atoms with van der Waals surface area (Å²) in [5.41, 5.74) is 1.95. The summed E-state index contributed by atoms with van der Waals surface area (Å²) in [5.74, 6) is -0.103. The van der Waals surface area contributed by atoms with Gasteiger partial charge in [-0.1, -0.05) is 6.07 Å². The quantitative estimate of drug-likeness (QED) is 0.687. The molecule has 3 N–H and O–H groups in total. The smallest absolute Gasteiger partial charge is 0.335 e. The highest BCUT2D eigenvalue weighted by Crippen LogP contribution is 2.22. The van der Waals surface area contributed by atoms with E-state index in [0.717, 1.165) is 16.5 Å². The number of hydrogen-bond donors (Lipinski definition) is 3. The Balaban J connectivity index is 1.81. The van der Waals surface area contributed by atoms with Crippen molar-refractivity contribution in [1.29, 1.82) is 0 Å². The molecule has 0 amide bonds. The Kier molecular flexibility index (Phi) is 3.23. The van der Waals surface area contributed by atoms with Gasteiger partial charge in [0.05, 0.1) is 5.56 Å². The summed E-state index contributed by atoms with van der Waals surface area (Å²) >= 11 is 0. The Labute approximate surface area is 120 Å². The number of aromatic carboxylic acids is 1. The zero-order valence-corrected chi connectivity index (χ0v) is 11.0. The highest BCUT2D eigenvalue weighted by atomic mass is 16.5. The van der Waals surface area contributed by atoms with Crippen molar-refractivity contribution in [2.75, 3.05) is 0 Å². The Morgan fingerprint density at radius 3 is 2.62 bits per heavy atom. The molecule has 0 bridgehead atoms. The molecular weight excluding hydrogens is 270 g/mol. The summed E-state index contributed by atoms with van der Waals surface area (Å²) in [4.78, 5) is 14.0. The summed E-state index contributed by atoms with van der Waals surface area (Å²) in [7, 11) is 0. The molecule has 0 radical (unpaired) electrons. The van der Waals surface area contributed by atoms with Crippen LogP contribution in [-0.2, 0) is 6.61 Å². The molecular formula is C16H13NO4. The maximum atomic E-state index is 10.9. The Bertz CT molecular complexity index is 790. The molecule has 0 saturated heterocycles. The van der Waals surface area contributed by atoms with Crippen LogP contribution in [0.1, 0.15) is 15.9 Å². The third-order valence-electron chi connectivity index (χ3n) is 3.25. The van der Waals surface area contributed by atoms with Crippen LogP contribution in [0.5, 0.6) is 11.5 Å². The number of aromatic nitrogens is 1. The van der Waals surface area contributed by atoms with E-state index in [1.54, 1.807) is 48.7 Å². The third kappa shape index (κ3) is 2.67. The van der Waals surface area contributed by atoms with Crippen LogP contribution in [0.2, 0.25) is 0 Å². The number of phenolic OH excluding ortho intramolecular Hbond substituents is 1. The minimum absolute atomic E-state index is 0.190. The van der Waals surface area contributed by atoms with Crippen molar-refractivity contribution in [2.24, 2.45) is 0 Å². The van der Waals surface area contributed by atoms with E-state index in [4.69, 9.17) is 9.84 Å². The molecule has 0 aliphatic heterocycles. The van der Waals surface area contributed by atoms with Crippen LogP contribution in [0.15, 0.2) is 48.7 Å². The van der Waals surface area contributed by atoms with Crippen LogP contribution in [-0.4, -0.2) is 21.2 Å². The summed E-state index contributed by atoms with van der Waals surface area (Å²) < 4.78 is 5.64. The minimum Gasteiger partial charge on any atom is -0.508 e. The summed E-state index contributed by atoms with van der Waals surface area (Å²) in [5, 5.41) is 19.1. The molecule has 3 aromatic rings. The highest BCUT2D eigenvalue weighted by Gasteiger charge is 2.08. The van der Waals surface area contributed by atoms with Crippen molar-refractivity contribution in [3.8, 4) is 11.5 Å². The number of carboxylic acid groups (broad SMARTS) is 1. The van der Waals surface area contributed by atoms with Crippen LogP contribution in [0.3, 0.4) is 0 Å². The van der Waals surface area contributed by atoms with E-state index in [2.05, 4.69) is 4.98 Å². The highest BCUT2D eigenvalue weighted by molar-refractivity contribution is 5.94. The number of nitrogens with one attached hydrogen (secondary N) is 1. The number of aromatic hydroxyl groups is 1. The van der Waals surface area contributed by atoms with Crippen LogP contribution in [0.4, 0.5) is 0 Å². The first-order valence-electron chi connectivity index (χ1n) is 6.38. The van der Waals surface area contributed by atoms with Gasteiger partial charge >= 0.3 is 5.97 Å². The van der Waals surface area contributed by atoms with Gasteiger partial charge < -0.3 is 19.9 Å². The van der Waals surface area contributed by atoms with E-state index in [9.17, 15) is 9.90 Å². The molecule has 106 valence electrons.